The minimum atomic E-state index is -0.889. The van der Waals surface area contributed by atoms with Crippen molar-refractivity contribution in [1.82, 2.24) is 4.48 Å². The van der Waals surface area contributed by atoms with Gasteiger partial charge in [-0.25, -0.2) is 0 Å². The largest absolute Gasteiger partial charge is 0.396 e. The first kappa shape index (κ1) is 33.0. The molecule has 0 radical (unpaired) electrons. The van der Waals surface area contributed by atoms with Gasteiger partial charge in [0.25, 0.3) is 0 Å². The predicted octanol–water partition coefficient (Wildman–Crippen LogP) is 2.17. The van der Waals surface area contributed by atoms with E-state index in [1.807, 2.05) is 22.6 Å². The molecule has 32 N–H and O–H groups in total. The van der Waals surface area contributed by atoms with Gasteiger partial charge in [0.2, 0.25) is 0 Å². The summed E-state index contributed by atoms with van der Waals surface area (Å²) in [7, 11) is 0. The van der Waals surface area contributed by atoms with Gasteiger partial charge in [-0.3, -0.25) is 0 Å². The molecule has 17 nitrogen and oxygen atoms in total. The van der Waals surface area contributed by atoms with Gasteiger partial charge in [0.15, 0.2) is 22.7 Å². The summed E-state index contributed by atoms with van der Waals surface area (Å²) in [6, 6.07) is 0. The molecule has 46 heavy (non-hydrogen) atoms. The van der Waals surface area contributed by atoms with E-state index in [0.29, 0.717) is 20.3 Å². The average molecular weight is 743 g/mol. The highest BCUT2D eigenvalue weighted by Gasteiger charge is 2.53. The SMILES string of the molecule is C=Cc1c(C)c([N+](c2c(C)c(I)c(N)c(N)c2N)(c2c(N)c(N)c(N)c(N)c2N)c2c(N)c(N)c(N)c(N)c2N)c(N)c(N)c1N. The second-order valence-corrected chi connectivity index (χ2v) is 11.9. The van der Waals surface area contributed by atoms with Crippen molar-refractivity contribution in [3.8, 4) is 0 Å². The van der Waals surface area contributed by atoms with Gasteiger partial charge in [0.05, 0.1) is 56.9 Å². The van der Waals surface area contributed by atoms with Crippen molar-refractivity contribution in [3.63, 3.8) is 0 Å². The number of hydrogen-bond acceptors (Lipinski definition) is 16. The number of quaternary nitrogens is 1. The van der Waals surface area contributed by atoms with Gasteiger partial charge in [0, 0.05) is 20.3 Å². The summed E-state index contributed by atoms with van der Waals surface area (Å²) in [6.07, 6.45) is 1.49. The Morgan fingerprint density at radius 3 is 1.00 bits per heavy atom. The van der Waals surface area contributed by atoms with Crippen molar-refractivity contribution < 1.29 is 0 Å². The molecule has 0 aromatic heterocycles. The zero-order valence-corrected chi connectivity index (χ0v) is 27.5. The maximum absolute atomic E-state index is 6.93. The Morgan fingerprint density at radius 2 is 0.652 bits per heavy atom. The summed E-state index contributed by atoms with van der Waals surface area (Å²) in [5.74, 6) is 0. The van der Waals surface area contributed by atoms with Crippen LogP contribution in [-0.2, 0) is 0 Å². The van der Waals surface area contributed by atoms with E-state index in [4.69, 9.17) is 91.7 Å². The third-order valence-corrected chi connectivity index (χ3v) is 9.92. The lowest BCUT2D eigenvalue weighted by Gasteiger charge is -2.43. The molecule has 0 saturated heterocycles. The highest BCUT2D eigenvalue weighted by Crippen LogP contribution is 2.68. The Kier molecular flexibility index (Phi) is 7.63. The minimum absolute atomic E-state index is 0.00171. The second kappa shape index (κ2) is 10.6. The topological polar surface area (TPSA) is 416 Å². The first-order valence-corrected chi connectivity index (χ1v) is 14.5. The van der Waals surface area contributed by atoms with Crippen LogP contribution in [0.5, 0.6) is 0 Å². The van der Waals surface area contributed by atoms with Gasteiger partial charge in [-0.2, -0.15) is 4.48 Å². The van der Waals surface area contributed by atoms with Crippen molar-refractivity contribution in [2.75, 3.05) is 91.7 Å². The maximum Gasteiger partial charge on any atom is 0.199 e. The normalized spacial score (nSPS) is 11.5. The molecular formula is C28H41IN17+. The van der Waals surface area contributed by atoms with Crippen molar-refractivity contribution in [1.29, 1.82) is 0 Å². The van der Waals surface area contributed by atoms with E-state index in [-0.39, 0.29) is 114 Å². The zero-order valence-electron chi connectivity index (χ0n) is 25.3. The lowest BCUT2D eigenvalue weighted by Crippen LogP contribution is -2.40. The fourth-order valence-corrected chi connectivity index (χ4v) is 6.59. The molecular weight excluding hydrogens is 701 g/mol. The second-order valence-electron chi connectivity index (χ2n) is 10.9. The molecule has 0 aliphatic rings. The molecule has 18 heteroatoms. The van der Waals surface area contributed by atoms with E-state index in [1.165, 1.54) is 6.08 Å². The molecule has 0 spiro atoms. The third-order valence-electron chi connectivity index (χ3n) is 8.53. The Balaban J connectivity index is 2.71. The van der Waals surface area contributed by atoms with Crippen LogP contribution in [0.3, 0.4) is 0 Å². The first-order chi connectivity index (χ1) is 21.2. The summed E-state index contributed by atoms with van der Waals surface area (Å²) in [6.45, 7) is 7.36. The molecule has 0 aliphatic heterocycles. The van der Waals surface area contributed by atoms with E-state index in [1.54, 1.807) is 13.8 Å². The smallest absolute Gasteiger partial charge is 0.199 e. The van der Waals surface area contributed by atoms with E-state index < -0.39 is 4.48 Å². The van der Waals surface area contributed by atoms with E-state index in [2.05, 4.69) is 6.58 Å². The number of nitrogens with two attached hydrogens (primary N) is 16. The number of hydrogen-bond donors (Lipinski definition) is 16. The molecule has 0 unspecified atom stereocenters. The predicted molar refractivity (Wildman–Crippen MR) is 209 cm³/mol. The van der Waals surface area contributed by atoms with Crippen molar-refractivity contribution in [3.05, 3.63) is 26.8 Å². The van der Waals surface area contributed by atoms with Crippen LogP contribution in [0.1, 0.15) is 16.7 Å². The summed E-state index contributed by atoms with van der Waals surface area (Å²) in [4.78, 5) is 0. The third kappa shape index (κ3) is 3.89. The van der Waals surface area contributed by atoms with Crippen LogP contribution < -0.4 is 96.2 Å². The maximum atomic E-state index is 6.93. The summed E-state index contributed by atoms with van der Waals surface area (Å²) >= 11 is 2.02. The average Bonchev–Trinajstić information content (AvgIpc) is 3.02. The molecule has 4 rings (SSSR count). The summed E-state index contributed by atoms with van der Waals surface area (Å²) in [5.41, 5.74) is 106. The highest BCUT2D eigenvalue weighted by molar-refractivity contribution is 14.1. The van der Waals surface area contributed by atoms with E-state index in [0.717, 1.165) is 0 Å². The van der Waals surface area contributed by atoms with Gasteiger partial charge in [-0.05, 0) is 36.4 Å². The number of nitrogens with zero attached hydrogens (tertiary/aromatic N) is 1. The minimum Gasteiger partial charge on any atom is -0.396 e. The van der Waals surface area contributed by atoms with Gasteiger partial charge in [-0.15, -0.1) is 0 Å². The van der Waals surface area contributed by atoms with Gasteiger partial charge >= 0.3 is 0 Å². The number of rotatable bonds is 5. The molecule has 0 bridgehead atoms. The van der Waals surface area contributed by atoms with Crippen LogP contribution in [0.15, 0.2) is 6.58 Å². The highest BCUT2D eigenvalue weighted by atomic mass is 127. The van der Waals surface area contributed by atoms with E-state index >= 15 is 0 Å². The number of benzene rings is 4. The fourth-order valence-electron chi connectivity index (χ4n) is 6.04. The number of halogens is 1. The first-order valence-electron chi connectivity index (χ1n) is 13.4. The van der Waals surface area contributed by atoms with Crippen LogP contribution >= 0.6 is 22.6 Å². The molecule has 4 aromatic carbocycles. The van der Waals surface area contributed by atoms with Gasteiger partial charge in [-0.1, -0.05) is 12.7 Å². The summed E-state index contributed by atoms with van der Waals surface area (Å²) < 4.78 is -0.396. The van der Waals surface area contributed by atoms with Crippen molar-refractivity contribution in [2.24, 2.45) is 0 Å². The monoisotopic (exact) mass is 742 g/mol. The fraction of sp³-hybridized carbons (Fsp3) is 0.0714. The molecule has 0 amide bonds. The Bertz CT molecular complexity index is 1760. The molecule has 4 aromatic rings. The molecule has 0 fully saturated rings. The zero-order chi connectivity index (χ0) is 35.1. The van der Waals surface area contributed by atoms with Gasteiger partial charge in [0.1, 0.15) is 34.1 Å². The molecule has 0 aliphatic carbocycles. The van der Waals surface area contributed by atoms with Crippen LogP contribution in [0.4, 0.5) is 114 Å². The standard InChI is InChI=1S/C28H41IN17/c1-4-7-5(2)25(19(40)11(32)9(7)30)46(26-6(3)8(29)10(31)12(33)20(26)41,27-21(42)15(36)13(34)16(37)22(27)43)28-23(44)17(38)14(35)18(39)24(28)45/h4H,1,30-45H2,2-3H3/q+1. The number of anilines is 16. The Morgan fingerprint density at radius 1 is 0.391 bits per heavy atom. The molecule has 244 valence electrons. The van der Waals surface area contributed by atoms with Crippen LogP contribution in [0.2, 0.25) is 0 Å². The van der Waals surface area contributed by atoms with Crippen LogP contribution in [-0.4, -0.2) is 0 Å². The summed E-state index contributed by atoms with van der Waals surface area (Å²) in [5, 5.41) is 0. The van der Waals surface area contributed by atoms with Crippen molar-refractivity contribution >= 4 is 142 Å². The molecule has 0 saturated carbocycles. The number of nitrogen functional groups attached to an aromatic ring is 16. The van der Waals surface area contributed by atoms with E-state index in [9.17, 15) is 0 Å². The lowest BCUT2D eigenvalue weighted by atomic mass is 9.91. The van der Waals surface area contributed by atoms with Crippen molar-refractivity contribution in [2.45, 2.75) is 13.8 Å². The Labute approximate surface area is 278 Å². The quantitative estimate of drug-likeness (QED) is 0.0791. The molecule has 0 heterocycles. The van der Waals surface area contributed by atoms with Crippen LogP contribution in [0, 0.1) is 17.4 Å². The van der Waals surface area contributed by atoms with Crippen LogP contribution in [0.25, 0.3) is 6.08 Å². The van der Waals surface area contributed by atoms with Gasteiger partial charge < -0.3 is 91.7 Å². The Hall–Kier alpha value is -5.89. The molecule has 0 atom stereocenters. The lowest BCUT2D eigenvalue weighted by molar-refractivity contribution is 0.708.